The summed E-state index contributed by atoms with van der Waals surface area (Å²) in [5, 5.41) is 7.93. The van der Waals surface area contributed by atoms with E-state index >= 15 is 0 Å². The average molecular weight is 230 g/mol. The molecule has 3 heteroatoms. The molecule has 0 N–H and O–H groups in total. The molecular formula is C14H15FN2. The molecule has 0 bridgehead atoms. The molecule has 0 saturated heterocycles. The molecule has 0 saturated carbocycles. The normalized spacial score (nSPS) is 10.5. The van der Waals surface area contributed by atoms with E-state index in [-0.39, 0.29) is 5.82 Å². The zero-order valence-corrected chi connectivity index (χ0v) is 10.1. The number of aromatic nitrogens is 2. The summed E-state index contributed by atoms with van der Waals surface area (Å²) in [5.74, 6) is -0.228. The summed E-state index contributed by atoms with van der Waals surface area (Å²) in [5.41, 5.74) is 2.94. The average Bonchev–Trinajstić information content (AvgIpc) is 2.31. The van der Waals surface area contributed by atoms with E-state index in [0.717, 1.165) is 24.1 Å². The molecule has 0 amide bonds. The van der Waals surface area contributed by atoms with Crippen molar-refractivity contribution in [3.8, 4) is 11.3 Å². The Hall–Kier alpha value is -1.77. The monoisotopic (exact) mass is 230 g/mol. The van der Waals surface area contributed by atoms with Crippen LogP contribution < -0.4 is 0 Å². The zero-order chi connectivity index (χ0) is 12.3. The molecule has 1 aromatic carbocycles. The first-order valence-corrected chi connectivity index (χ1v) is 5.80. The van der Waals surface area contributed by atoms with Crippen LogP contribution in [0.1, 0.15) is 24.6 Å². The first-order valence-electron chi connectivity index (χ1n) is 5.80. The SMILES string of the molecule is CCCc1ccc(-c2ccc(C)nn2)c(F)c1. The van der Waals surface area contributed by atoms with Gasteiger partial charge in [0.05, 0.1) is 11.4 Å². The van der Waals surface area contributed by atoms with E-state index < -0.39 is 0 Å². The van der Waals surface area contributed by atoms with Crippen LogP contribution in [0, 0.1) is 12.7 Å². The minimum absolute atomic E-state index is 0.228. The topological polar surface area (TPSA) is 25.8 Å². The Balaban J connectivity index is 2.36. The molecule has 0 aliphatic carbocycles. The number of rotatable bonds is 3. The second-order valence-electron chi connectivity index (χ2n) is 4.12. The highest BCUT2D eigenvalue weighted by Gasteiger charge is 2.07. The van der Waals surface area contributed by atoms with Crippen LogP contribution in [0.25, 0.3) is 11.3 Å². The van der Waals surface area contributed by atoms with Gasteiger partial charge in [0.1, 0.15) is 5.82 Å². The van der Waals surface area contributed by atoms with Gasteiger partial charge in [0, 0.05) is 5.56 Å². The lowest BCUT2D eigenvalue weighted by Gasteiger charge is -2.04. The van der Waals surface area contributed by atoms with Crippen LogP contribution in [0.4, 0.5) is 4.39 Å². The van der Waals surface area contributed by atoms with Crippen LogP contribution in [-0.2, 0) is 6.42 Å². The molecule has 1 heterocycles. The molecule has 2 rings (SSSR count). The number of halogens is 1. The predicted octanol–water partition coefficient (Wildman–Crippen LogP) is 3.54. The third kappa shape index (κ3) is 2.67. The molecule has 0 fully saturated rings. The lowest BCUT2D eigenvalue weighted by Crippen LogP contribution is -1.93. The van der Waals surface area contributed by atoms with Crippen LogP contribution in [0.5, 0.6) is 0 Å². The van der Waals surface area contributed by atoms with Crippen LogP contribution >= 0.6 is 0 Å². The molecule has 0 radical (unpaired) electrons. The molecule has 88 valence electrons. The van der Waals surface area contributed by atoms with E-state index in [2.05, 4.69) is 17.1 Å². The van der Waals surface area contributed by atoms with E-state index in [1.54, 1.807) is 18.2 Å². The Morgan fingerprint density at radius 3 is 2.53 bits per heavy atom. The van der Waals surface area contributed by atoms with Crippen LogP contribution in [-0.4, -0.2) is 10.2 Å². The van der Waals surface area contributed by atoms with Crippen molar-refractivity contribution >= 4 is 0 Å². The fourth-order valence-corrected chi connectivity index (χ4v) is 1.75. The van der Waals surface area contributed by atoms with Gasteiger partial charge in [-0.05, 0) is 43.2 Å². The zero-order valence-electron chi connectivity index (χ0n) is 10.1. The van der Waals surface area contributed by atoms with Crippen molar-refractivity contribution < 1.29 is 4.39 Å². The highest BCUT2D eigenvalue weighted by molar-refractivity contribution is 5.59. The molecule has 1 aromatic heterocycles. The van der Waals surface area contributed by atoms with E-state index in [1.165, 1.54) is 0 Å². The fraction of sp³-hybridized carbons (Fsp3) is 0.286. The number of hydrogen-bond acceptors (Lipinski definition) is 2. The minimum atomic E-state index is -0.228. The van der Waals surface area contributed by atoms with Crippen molar-refractivity contribution in [2.45, 2.75) is 26.7 Å². The summed E-state index contributed by atoms with van der Waals surface area (Å²) >= 11 is 0. The van der Waals surface area contributed by atoms with E-state index in [0.29, 0.717) is 11.3 Å². The van der Waals surface area contributed by atoms with Crippen molar-refractivity contribution in [2.75, 3.05) is 0 Å². The number of hydrogen-bond donors (Lipinski definition) is 0. The second kappa shape index (κ2) is 5.04. The first-order chi connectivity index (χ1) is 8.20. The molecular weight excluding hydrogens is 215 g/mol. The van der Waals surface area contributed by atoms with Gasteiger partial charge < -0.3 is 0 Å². The summed E-state index contributed by atoms with van der Waals surface area (Å²) in [7, 11) is 0. The highest BCUT2D eigenvalue weighted by Crippen LogP contribution is 2.21. The van der Waals surface area contributed by atoms with E-state index in [9.17, 15) is 4.39 Å². The minimum Gasteiger partial charge on any atom is -0.206 e. The van der Waals surface area contributed by atoms with Gasteiger partial charge >= 0.3 is 0 Å². The smallest absolute Gasteiger partial charge is 0.132 e. The summed E-state index contributed by atoms with van der Waals surface area (Å²) in [6, 6.07) is 8.94. The highest BCUT2D eigenvalue weighted by atomic mass is 19.1. The third-order valence-electron chi connectivity index (χ3n) is 2.65. The molecule has 17 heavy (non-hydrogen) atoms. The van der Waals surface area contributed by atoms with Gasteiger partial charge in [0.25, 0.3) is 0 Å². The van der Waals surface area contributed by atoms with Crippen molar-refractivity contribution in [3.63, 3.8) is 0 Å². The predicted molar refractivity (Wildman–Crippen MR) is 66.2 cm³/mol. The number of nitrogens with zero attached hydrogens (tertiary/aromatic N) is 2. The van der Waals surface area contributed by atoms with Gasteiger partial charge in [-0.15, -0.1) is 0 Å². The fourth-order valence-electron chi connectivity index (χ4n) is 1.75. The Morgan fingerprint density at radius 1 is 1.12 bits per heavy atom. The Morgan fingerprint density at radius 2 is 1.94 bits per heavy atom. The molecule has 0 aliphatic rings. The lowest BCUT2D eigenvalue weighted by atomic mass is 10.0. The molecule has 0 atom stereocenters. The second-order valence-corrected chi connectivity index (χ2v) is 4.12. The summed E-state index contributed by atoms with van der Waals surface area (Å²) in [4.78, 5) is 0. The van der Waals surface area contributed by atoms with Gasteiger partial charge in [-0.3, -0.25) is 0 Å². The van der Waals surface area contributed by atoms with Gasteiger partial charge in [-0.2, -0.15) is 10.2 Å². The molecule has 0 unspecified atom stereocenters. The van der Waals surface area contributed by atoms with Gasteiger partial charge in [0.2, 0.25) is 0 Å². The third-order valence-corrected chi connectivity index (χ3v) is 2.65. The Labute approximate surface area is 101 Å². The van der Waals surface area contributed by atoms with Crippen LogP contribution in [0.2, 0.25) is 0 Å². The van der Waals surface area contributed by atoms with Crippen molar-refractivity contribution in [2.24, 2.45) is 0 Å². The van der Waals surface area contributed by atoms with Gasteiger partial charge in [-0.25, -0.2) is 4.39 Å². The van der Waals surface area contributed by atoms with Crippen molar-refractivity contribution in [1.29, 1.82) is 0 Å². The van der Waals surface area contributed by atoms with Gasteiger partial charge in [0.15, 0.2) is 0 Å². The number of aryl methyl sites for hydroxylation is 2. The maximum Gasteiger partial charge on any atom is 0.132 e. The maximum absolute atomic E-state index is 13.9. The Kier molecular flexibility index (Phi) is 3.47. The maximum atomic E-state index is 13.9. The molecule has 2 aromatic rings. The summed E-state index contributed by atoms with van der Waals surface area (Å²) in [6.07, 6.45) is 1.92. The standard InChI is InChI=1S/C14H15FN2/c1-3-4-11-6-7-12(13(15)9-11)14-8-5-10(2)16-17-14/h5-9H,3-4H2,1-2H3. The Bertz CT molecular complexity index is 506. The quantitative estimate of drug-likeness (QED) is 0.806. The van der Waals surface area contributed by atoms with Gasteiger partial charge in [-0.1, -0.05) is 19.4 Å². The number of benzene rings is 1. The summed E-state index contributed by atoms with van der Waals surface area (Å²) in [6.45, 7) is 3.94. The molecule has 0 spiro atoms. The molecule has 0 aliphatic heterocycles. The molecule has 2 nitrogen and oxygen atoms in total. The van der Waals surface area contributed by atoms with E-state index in [1.807, 2.05) is 19.1 Å². The van der Waals surface area contributed by atoms with Crippen LogP contribution in [0.15, 0.2) is 30.3 Å². The first kappa shape index (κ1) is 11.7. The van der Waals surface area contributed by atoms with E-state index in [4.69, 9.17) is 0 Å². The largest absolute Gasteiger partial charge is 0.206 e. The lowest BCUT2D eigenvalue weighted by molar-refractivity contribution is 0.627. The van der Waals surface area contributed by atoms with Crippen molar-refractivity contribution in [1.82, 2.24) is 10.2 Å². The summed E-state index contributed by atoms with van der Waals surface area (Å²) < 4.78 is 13.9. The van der Waals surface area contributed by atoms with Crippen molar-refractivity contribution in [3.05, 3.63) is 47.4 Å². The van der Waals surface area contributed by atoms with Crippen LogP contribution in [0.3, 0.4) is 0 Å².